The first-order valence-electron chi connectivity index (χ1n) is 3.64. The first kappa shape index (κ1) is 8.35. The standard InChI is InChI=1S/C10H11Cl/c1-2-4-9-5-3-6-10(7-9)8-11/h2-7H,8H2,1H3. The zero-order chi connectivity index (χ0) is 8.10. The van der Waals surface area contributed by atoms with E-state index in [0.29, 0.717) is 5.88 Å². The lowest BCUT2D eigenvalue weighted by Crippen LogP contribution is -1.77. The Hall–Kier alpha value is -0.750. The zero-order valence-corrected chi connectivity index (χ0v) is 7.31. The maximum Gasteiger partial charge on any atom is 0.0474 e. The molecule has 0 N–H and O–H groups in total. The summed E-state index contributed by atoms with van der Waals surface area (Å²) in [5, 5.41) is 0. The Morgan fingerprint density at radius 1 is 1.45 bits per heavy atom. The lowest BCUT2D eigenvalue weighted by Gasteiger charge is -1.96. The van der Waals surface area contributed by atoms with Crippen LogP contribution in [0.4, 0.5) is 0 Å². The van der Waals surface area contributed by atoms with Gasteiger partial charge in [-0.25, -0.2) is 0 Å². The summed E-state index contributed by atoms with van der Waals surface area (Å²) in [5.41, 5.74) is 2.38. The molecule has 0 aliphatic carbocycles. The fourth-order valence-corrected chi connectivity index (χ4v) is 1.14. The van der Waals surface area contributed by atoms with Gasteiger partial charge in [-0.1, -0.05) is 36.4 Å². The smallest absolute Gasteiger partial charge is 0.0474 e. The predicted molar refractivity (Wildman–Crippen MR) is 50.7 cm³/mol. The monoisotopic (exact) mass is 166 g/mol. The van der Waals surface area contributed by atoms with E-state index in [-0.39, 0.29) is 0 Å². The first-order chi connectivity index (χ1) is 5.36. The third kappa shape index (κ3) is 2.39. The molecular weight excluding hydrogens is 156 g/mol. The summed E-state index contributed by atoms with van der Waals surface area (Å²) in [6.45, 7) is 2.01. The highest BCUT2D eigenvalue weighted by molar-refractivity contribution is 6.17. The molecule has 0 spiro atoms. The molecule has 0 unspecified atom stereocenters. The van der Waals surface area contributed by atoms with Crippen LogP contribution in [0.5, 0.6) is 0 Å². The van der Waals surface area contributed by atoms with Crippen molar-refractivity contribution >= 4 is 17.7 Å². The predicted octanol–water partition coefficient (Wildman–Crippen LogP) is 3.46. The molecule has 11 heavy (non-hydrogen) atoms. The number of allylic oxidation sites excluding steroid dienone is 1. The normalized spacial score (nSPS) is 10.7. The number of hydrogen-bond acceptors (Lipinski definition) is 0. The van der Waals surface area contributed by atoms with E-state index in [1.54, 1.807) is 0 Å². The fraction of sp³-hybridized carbons (Fsp3) is 0.200. The van der Waals surface area contributed by atoms with Gasteiger partial charge in [0.05, 0.1) is 0 Å². The van der Waals surface area contributed by atoms with Crippen molar-refractivity contribution in [3.63, 3.8) is 0 Å². The van der Waals surface area contributed by atoms with Gasteiger partial charge in [0.2, 0.25) is 0 Å². The van der Waals surface area contributed by atoms with E-state index in [1.807, 2.05) is 25.1 Å². The van der Waals surface area contributed by atoms with E-state index in [0.717, 1.165) is 0 Å². The van der Waals surface area contributed by atoms with Crippen molar-refractivity contribution in [2.75, 3.05) is 0 Å². The van der Waals surface area contributed by atoms with E-state index in [9.17, 15) is 0 Å². The van der Waals surface area contributed by atoms with Crippen LogP contribution in [0.1, 0.15) is 18.1 Å². The van der Waals surface area contributed by atoms with Gasteiger partial charge in [0.15, 0.2) is 0 Å². The van der Waals surface area contributed by atoms with Gasteiger partial charge in [-0.2, -0.15) is 0 Å². The van der Waals surface area contributed by atoms with Gasteiger partial charge in [0, 0.05) is 5.88 Å². The fourth-order valence-electron chi connectivity index (χ4n) is 0.972. The van der Waals surface area contributed by atoms with E-state index >= 15 is 0 Å². The van der Waals surface area contributed by atoms with Crippen LogP contribution >= 0.6 is 11.6 Å². The third-order valence-electron chi connectivity index (χ3n) is 1.46. The molecule has 0 saturated heterocycles. The van der Waals surface area contributed by atoms with Crippen LogP contribution in [0, 0.1) is 0 Å². The van der Waals surface area contributed by atoms with Crippen LogP contribution in [0.15, 0.2) is 30.3 Å². The molecule has 0 radical (unpaired) electrons. The van der Waals surface area contributed by atoms with E-state index in [1.165, 1.54) is 11.1 Å². The average molecular weight is 167 g/mol. The molecular formula is C10H11Cl. The molecule has 0 heterocycles. The van der Waals surface area contributed by atoms with Crippen LogP contribution < -0.4 is 0 Å². The summed E-state index contributed by atoms with van der Waals surface area (Å²) < 4.78 is 0. The van der Waals surface area contributed by atoms with Gasteiger partial charge in [-0.05, 0) is 18.1 Å². The number of hydrogen-bond donors (Lipinski definition) is 0. The quantitative estimate of drug-likeness (QED) is 0.591. The Balaban J connectivity index is 2.91. The van der Waals surface area contributed by atoms with Crippen LogP contribution in [0.25, 0.3) is 6.08 Å². The van der Waals surface area contributed by atoms with Crippen LogP contribution in [-0.4, -0.2) is 0 Å². The highest BCUT2D eigenvalue weighted by atomic mass is 35.5. The summed E-state index contributed by atoms with van der Waals surface area (Å²) in [5.74, 6) is 0.589. The molecule has 0 amide bonds. The van der Waals surface area contributed by atoms with Crippen molar-refractivity contribution in [2.24, 2.45) is 0 Å². The van der Waals surface area contributed by atoms with E-state index in [2.05, 4.69) is 18.2 Å². The minimum absolute atomic E-state index is 0.589. The molecule has 1 aromatic rings. The molecule has 0 bridgehead atoms. The van der Waals surface area contributed by atoms with Gasteiger partial charge in [-0.15, -0.1) is 11.6 Å². The summed E-state index contributed by atoms with van der Waals surface area (Å²) >= 11 is 5.67. The second kappa shape index (κ2) is 4.20. The molecule has 0 aliphatic rings. The Morgan fingerprint density at radius 2 is 2.27 bits per heavy atom. The molecule has 0 nitrogen and oxygen atoms in total. The second-order valence-corrected chi connectivity index (χ2v) is 2.65. The maximum atomic E-state index is 5.67. The van der Waals surface area contributed by atoms with Crippen LogP contribution in [0.2, 0.25) is 0 Å². The van der Waals surface area contributed by atoms with Crippen molar-refractivity contribution in [1.29, 1.82) is 0 Å². The highest BCUT2D eigenvalue weighted by Gasteiger charge is 1.89. The second-order valence-electron chi connectivity index (χ2n) is 2.38. The number of alkyl halides is 1. The Labute approximate surface area is 72.5 Å². The van der Waals surface area contributed by atoms with Crippen LogP contribution in [0.3, 0.4) is 0 Å². The van der Waals surface area contributed by atoms with Crippen molar-refractivity contribution in [3.05, 3.63) is 41.5 Å². The molecule has 0 aromatic heterocycles. The molecule has 1 heteroatoms. The van der Waals surface area contributed by atoms with Gasteiger partial charge < -0.3 is 0 Å². The SMILES string of the molecule is CC=Cc1cccc(CCl)c1. The van der Waals surface area contributed by atoms with Crippen molar-refractivity contribution in [1.82, 2.24) is 0 Å². The number of halogens is 1. The molecule has 1 rings (SSSR count). The molecule has 0 atom stereocenters. The lowest BCUT2D eigenvalue weighted by molar-refractivity contribution is 1.39. The number of benzene rings is 1. The van der Waals surface area contributed by atoms with E-state index < -0.39 is 0 Å². The Kier molecular flexibility index (Phi) is 3.18. The highest BCUT2D eigenvalue weighted by Crippen LogP contribution is 2.08. The summed E-state index contributed by atoms with van der Waals surface area (Å²) in [6, 6.07) is 8.20. The largest absolute Gasteiger partial charge is 0.122 e. The zero-order valence-electron chi connectivity index (χ0n) is 6.55. The van der Waals surface area contributed by atoms with Gasteiger partial charge in [0.1, 0.15) is 0 Å². The third-order valence-corrected chi connectivity index (χ3v) is 1.77. The number of rotatable bonds is 2. The van der Waals surface area contributed by atoms with Gasteiger partial charge >= 0.3 is 0 Å². The molecule has 58 valence electrons. The van der Waals surface area contributed by atoms with Crippen molar-refractivity contribution < 1.29 is 0 Å². The summed E-state index contributed by atoms with van der Waals surface area (Å²) in [4.78, 5) is 0. The Morgan fingerprint density at radius 3 is 2.91 bits per heavy atom. The van der Waals surface area contributed by atoms with E-state index in [4.69, 9.17) is 11.6 Å². The topological polar surface area (TPSA) is 0 Å². The summed E-state index contributed by atoms with van der Waals surface area (Å²) in [6.07, 6.45) is 4.09. The van der Waals surface area contributed by atoms with Crippen molar-refractivity contribution in [2.45, 2.75) is 12.8 Å². The van der Waals surface area contributed by atoms with Gasteiger partial charge in [-0.3, -0.25) is 0 Å². The molecule has 0 fully saturated rings. The van der Waals surface area contributed by atoms with Crippen molar-refractivity contribution in [3.8, 4) is 0 Å². The molecule has 1 aromatic carbocycles. The molecule has 0 saturated carbocycles. The summed E-state index contributed by atoms with van der Waals surface area (Å²) in [7, 11) is 0. The minimum atomic E-state index is 0.589. The first-order valence-corrected chi connectivity index (χ1v) is 4.18. The maximum absolute atomic E-state index is 5.67. The van der Waals surface area contributed by atoms with Gasteiger partial charge in [0.25, 0.3) is 0 Å². The Bertz CT molecular complexity index is 251. The molecule has 0 aliphatic heterocycles. The lowest BCUT2D eigenvalue weighted by atomic mass is 10.1. The van der Waals surface area contributed by atoms with Crippen LogP contribution in [-0.2, 0) is 5.88 Å². The average Bonchev–Trinajstić information content (AvgIpc) is 2.06. The minimum Gasteiger partial charge on any atom is -0.122 e.